The first-order valence-corrected chi connectivity index (χ1v) is 4.94. The standard InChI is InChI=1S/C10H8N6O2/c11-3-5-9(13)17-7(15-5)1-2-8-16-6(4-12)10(14)18-8/h1-2,13-14H2. The summed E-state index contributed by atoms with van der Waals surface area (Å²) >= 11 is 0. The lowest BCUT2D eigenvalue weighted by Gasteiger charge is -1.90. The first kappa shape index (κ1) is 11.5. The Morgan fingerprint density at radius 2 is 1.28 bits per heavy atom. The molecule has 0 radical (unpaired) electrons. The minimum atomic E-state index is -0.0165. The normalized spacial score (nSPS) is 9.89. The Bertz CT molecular complexity index is 599. The number of oxazole rings is 2. The minimum absolute atomic E-state index is 0.0165. The van der Waals surface area contributed by atoms with Crippen molar-refractivity contribution >= 4 is 11.8 Å². The van der Waals surface area contributed by atoms with E-state index in [-0.39, 0.29) is 23.2 Å². The molecule has 0 atom stereocenters. The average molecular weight is 244 g/mol. The molecular formula is C10H8N6O2. The summed E-state index contributed by atoms with van der Waals surface area (Å²) in [5.74, 6) is 0.577. The van der Waals surface area contributed by atoms with Gasteiger partial charge in [0.05, 0.1) is 0 Å². The molecule has 8 nitrogen and oxygen atoms in total. The second-order valence-electron chi connectivity index (χ2n) is 3.36. The lowest BCUT2D eigenvalue weighted by molar-refractivity contribution is 0.471. The van der Waals surface area contributed by atoms with Gasteiger partial charge in [-0.15, -0.1) is 0 Å². The van der Waals surface area contributed by atoms with E-state index in [1.165, 1.54) is 0 Å². The van der Waals surface area contributed by atoms with E-state index in [1.54, 1.807) is 12.1 Å². The molecule has 2 heterocycles. The highest BCUT2D eigenvalue weighted by Gasteiger charge is 2.13. The predicted molar refractivity (Wildman–Crippen MR) is 58.7 cm³/mol. The highest BCUT2D eigenvalue weighted by molar-refractivity contribution is 5.41. The van der Waals surface area contributed by atoms with Crippen molar-refractivity contribution in [2.45, 2.75) is 12.8 Å². The van der Waals surface area contributed by atoms with Crippen molar-refractivity contribution < 1.29 is 8.83 Å². The van der Waals surface area contributed by atoms with Crippen LogP contribution >= 0.6 is 0 Å². The largest absolute Gasteiger partial charge is 0.424 e. The fraction of sp³-hybridized carbons (Fsp3) is 0.200. The van der Waals surface area contributed by atoms with Crippen molar-refractivity contribution in [3.8, 4) is 12.1 Å². The smallest absolute Gasteiger partial charge is 0.229 e. The zero-order chi connectivity index (χ0) is 13.1. The van der Waals surface area contributed by atoms with Crippen LogP contribution < -0.4 is 11.5 Å². The van der Waals surface area contributed by atoms with E-state index in [9.17, 15) is 0 Å². The summed E-state index contributed by atoms with van der Waals surface area (Å²) in [4.78, 5) is 7.75. The first-order chi connectivity index (χ1) is 8.63. The molecule has 0 aliphatic heterocycles. The summed E-state index contributed by atoms with van der Waals surface area (Å²) in [6.07, 6.45) is 0.688. The molecule has 0 bridgehead atoms. The Labute approximate surface area is 101 Å². The van der Waals surface area contributed by atoms with Crippen LogP contribution in [0.4, 0.5) is 11.8 Å². The van der Waals surface area contributed by atoms with Crippen LogP contribution in [0, 0.1) is 22.7 Å². The van der Waals surface area contributed by atoms with Gasteiger partial charge in [-0.05, 0) is 0 Å². The number of hydrogen-bond donors (Lipinski definition) is 2. The summed E-state index contributed by atoms with van der Waals surface area (Å²) in [6.45, 7) is 0. The van der Waals surface area contributed by atoms with Gasteiger partial charge in [0.2, 0.25) is 23.2 Å². The predicted octanol–water partition coefficient (Wildman–Crippen LogP) is 0.356. The molecule has 0 aliphatic carbocycles. The van der Waals surface area contributed by atoms with Crippen LogP contribution in [0.5, 0.6) is 0 Å². The summed E-state index contributed by atoms with van der Waals surface area (Å²) in [6, 6.07) is 3.61. The van der Waals surface area contributed by atoms with Gasteiger partial charge in [0.25, 0.3) is 0 Å². The van der Waals surface area contributed by atoms with E-state index in [4.69, 9.17) is 30.8 Å². The lowest BCUT2D eigenvalue weighted by atomic mass is 10.3. The van der Waals surface area contributed by atoms with Crippen molar-refractivity contribution in [2.75, 3.05) is 11.5 Å². The molecular weight excluding hydrogens is 236 g/mol. The van der Waals surface area contributed by atoms with Gasteiger partial charge in [0.1, 0.15) is 12.1 Å². The second kappa shape index (κ2) is 4.47. The Morgan fingerprint density at radius 3 is 1.56 bits per heavy atom. The number of nitrogens with two attached hydrogens (primary N) is 2. The zero-order valence-electron chi connectivity index (χ0n) is 9.17. The van der Waals surface area contributed by atoms with Crippen LogP contribution in [0.25, 0.3) is 0 Å². The third kappa shape index (κ3) is 2.08. The quantitative estimate of drug-likeness (QED) is 0.784. The van der Waals surface area contributed by atoms with E-state index in [2.05, 4.69) is 9.97 Å². The van der Waals surface area contributed by atoms with Crippen molar-refractivity contribution in [3.63, 3.8) is 0 Å². The maximum Gasteiger partial charge on any atom is 0.229 e. The van der Waals surface area contributed by atoms with Gasteiger partial charge < -0.3 is 20.3 Å². The van der Waals surface area contributed by atoms with Gasteiger partial charge in [-0.25, -0.2) is 9.97 Å². The van der Waals surface area contributed by atoms with Gasteiger partial charge >= 0.3 is 0 Å². The van der Waals surface area contributed by atoms with Gasteiger partial charge in [-0.2, -0.15) is 10.5 Å². The van der Waals surface area contributed by atoms with Gasteiger partial charge in [-0.3, -0.25) is 0 Å². The summed E-state index contributed by atoms with van der Waals surface area (Å²) < 4.78 is 10.1. The first-order valence-electron chi connectivity index (χ1n) is 4.94. The molecule has 0 amide bonds. The maximum atomic E-state index is 8.65. The van der Waals surface area contributed by atoms with Crippen LogP contribution in [0.1, 0.15) is 23.2 Å². The third-order valence-corrected chi connectivity index (χ3v) is 2.16. The van der Waals surface area contributed by atoms with E-state index < -0.39 is 0 Å². The monoisotopic (exact) mass is 244 g/mol. The number of anilines is 2. The van der Waals surface area contributed by atoms with Crippen LogP contribution in [0.15, 0.2) is 8.83 Å². The number of aromatic nitrogens is 2. The van der Waals surface area contributed by atoms with Crippen molar-refractivity contribution in [3.05, 3.63) is 23.2 Å². The average Bonchev–Trinajstić information content (AvgIpc) is 2.89. The molecule has 2 rings (SSSR count). The van der Waals surface area contributed by atoms with E-state index in [0.717, 1.165) is 0 Å². The third-order valence-electron chi connectivity index (χ3n) is 2.16. The highest BCUT2D eigenvalue weighted by Crippen LogP contribution is 2.16. The zero-order valence-corrected chi connectivity index (χ0v) is 9.17. The maximum absolute atomic E-state index is 8.65. The molecule has 0 saturated heterocycles. The number of nitriles is 2. The molecule has 0 fully saturated rings. The molecule has 0 aliphatic rings. The molecule has 8 heteroatoms. The van der Waals surface area contributed by atoms with Gasteiger partial charge in [-0.1, -0.05) is 0 Å². The Balaban J connectivity index is 2.07. The molecule has 2 aromatic heterocycles. The molecule has 0 spiro atoms. The Hall–Kier alpha value is -3.00. The number of nitrogens with zero attached hydrogens (tertiary/aromatic N) is 4. The summed E-state index contributed by atoms with van der Waals surface area (Å²) in [5.41, 5.74) is 10.9. The molecule has 0 saturated carbocycles. The van der Waals surface area contributed by atoms with Gasteiger partial charge in [0.15, 0.2) is 11.8 Å². The highest BCUT2D eigenvalue weighted by atomic mass is 16.4. The van der Waals surface area contributed by atoms with Crippen LogP contribution in [0.3, 0.4) is 0 Å². The van der Waals surface area contributed by atoms with Crippen molar-refractivity contribution in [2.24, 2.45) is 0 Å². The topological polar surface area (TPSA) is 152 Å². The summed E-state index contributed by atoms with van der Waals surface area (Å²) in [5, 5.41) is 17.3. The van der Waals surface area contributed by atoms with Crippen LogP contribution in [-0.4, -0.2) is 9.97 Å². The molecule has 18 heavy (non-hydrogen) atoms. The van der Waals surface area contributed by atoms with Crippen LogP contribution in [0.2, 0.25) is 0 Å². The Kier molecular flexibility index (Phi) is 2.85. The SMILES string of the molecule is N#Cc1nc(CCc2nc(C#N)c(N)o2)oc1N. The number of aryl methyl sites for hydroxylation is 2. The molecule has 0 unspecified atom stereocenters. The van der Waals surface area contributed by atoms with Crippen molar-refractivity contribution in [1.82, 2.24) is 9.97 Å². The van der Waals surface area contributed by atoms with Crippen LogP contribution in [-0.2, 0) is 12.8 Å². The Morgan fingerprint density at radius 1 is 0.889 bits per heavy atom. The van der Waals surface area contributed by atoms with Crippen molar-refractivity contribution in [1.29, 1.82) is 10.5 Å². The van der Waals surface area contributed by atoms with Gasteiger partial charge in [0, 0.05) is 12.8 Å². The molecule has 0 aromatic carbocycles. The molecule has 2 aromatic rings. The number of hydrogen-bond acceptors (Lipinski definition) is 8. The lowest BCUT2D eigenvalue weighted by Crippen LogP contribution is -1.92. The molecule has 90 valence electrons. The van der Waals surface area contributed by atoms with E-state index in [0.29, 0.717) is 24.6 Å². The fourth-order valence-corrected chi connectivity index (χ4v) is 1.34. The number of nitrogen functional groups attached to an aromatic ring is 2. The van der Waals surface area contributed by atoms with E-state index >= 15 is 0 Å². The number of rotatable bonds is 3. The van der Waals surface area contributed by atoms with E-state index in [1.807, 2.05) is 0 Å². The second-order valence-corrected chi connectivity index (χ2v) is 3.36. The molecule has 4 N–H and O–H groups in total. The fourth-order valence-electron chi connectivity index (χ4n) is 1.34. The minimum Gasteiger partial charge on any atom is -0.424 e. The summed E-state index contributed by atoms with van der Waals surface area (Å²) in [7, 11) is 0.